The van der Waals surface area contributed by atoms with Crippen molar-refractivity contribution in [2.75, 3.05) is 18.1 Å². The maximum Gasteiger partial charge on any atom is 0.312 e. The van der Waals surface area contributed by atoms with Gasteiger partial charge in [-0.3, -0.25) is 4.79 Å². The third kappa shape index (κ3) is 4.50. The topological polar surface area (TPSA) is 84.7 Å². The minimum absolute atomic E-state index is 0.148. The Morgan fingerprint density at radius 2 is 1.97 bits per heavy atom. The first kappa shape index (κ1) is 22.6. The summed E-state index contributed by atoms with van der Waals surface area (Å²) in [5.41, 5.74) is 4.45. The second-order valence-electron chi connectivity index (χ2n) is 6.54. The van der Waals surface area contributed by atoms with Crippen LogP contribution in [0.15, 0.2) is 24.3 Å². The van der Waals surface area contributed by atoms with Crippen LogP contribution in [0.1, 0.15) is 17.6 Å². The van der Waals surface area contributed by atoms with Gasteiger partial charge in [0, 0.05) is 12.5 Å². The summed E-state index contributed by atoms with van der Waals surface area (Å²) in [6.07, 6.45) is -3.24. The summed E-state index contributed by atoms with van der Waals surface area (Å²) < 4.78 is 73.1. The molecule has 0 saturated heterocycles. The zero-order valence-electron chi connectivity index (χ0n) is 15.6. The van der Waals surface area contributed by atoms with E-state index in [1.807, 2.05) is 0 Å². The van der Waals surface area contributed by atoms with Gasteiger partial charge in [0.15, 0.2) is 17.4 Å². The van der Waals surface area contributed by atoms with Gasteiger partial charge in [-0.15, -0.1) is 0 Å². The van der Waals surface area contributed by atoms with Crippen molar-refractivity contribution in [3.05, 3.63) is 52.0 Å². The van der Waals surface area contributed by atoms with E-state index in [1.54, 1.807) is 0 Å². The summed E-state index contributed by atoms with van der Waals surface area (Å²) in [5.74, 6) is -4.49. The lowest BCUT2D eigenvalue weighted by Crippen LogP contribution is -2.54. The SMILES string of the molecule is NC(=O)N[C@@H]1Cc2ccc(C(F)F)c(Oc3cc(F)c(F)cc3Cl)c2N(CCF)C1=O. The lowest BCUT2D eigenvalue weighted by atomic mass is 9.94. The van der Waals surface area contributed by atoms with Gasteiger partial charge in [-0.2, -0.15) is 0 Å². The van der Waals surface area contributed by atoms with Crippen molar-refractivity contribution in [2.45, 2.75) is 18.9 Å². The molecule has 0 fully saturated rings. The normalized spacial score (nSPS) is 15.8. The summed E-state index contributed by atoms with van der Waals surface area (Å²) >= 11 is 5.85. The predicted octanol–water partition coefficient (Wildman–Crippen LogP) is 4.24. The van der Waals surface area contributed by atoms with Gasteiger partial charge >= 0.3 is 6.03 Å². The Kier molecular flexibility index (Phi) is 6.54. The van der Waals surface area contributed by atoms with Crippen molar-refractivity contribution in [3.63, 3.8) is 0 Å². The molecule has 3 rings (SSSR count). The summed E-state index contributed by atoms with van der Waals surface area (Å²) in [5, 5.41) is 1.80. The summed E-state index contributed by atoms with van der Waals surface area (Å²) in [6, 6.07) is 1.28. The van der Waals surface area contributed by atoms with Gasteiger partial charge in [0.25, 0.3) is 6.43 Å². The highest BCUT2D eigenvalue weighted by atomic mass is 35.5. The molecule has 0 bridgehead atoms. The maximum absolute atomic E-state index is 13.7. The molecule has 0 saturated carbocycles. The monoisotopic (exact) mass is 463 g/mol. The molecule has 0 spiro atoms. The smallest absolute Gasteiger partial charge is 0.312 e. The molecule has 2 aromatic rings. The number of hydrogen-bond donors (Lipinski definition) is 2. The van der Waals surface area contributed by atoms with E-state index in [4.69, 9.17) is 22.1 Å². The molecule has 12 heteroatoms. The maximum atomic E-state index is 13.7. The highest BCUT2D eigenvalue weighted by Crippen LogP contribution is 2.46. The van der Waals surface area contributed by atoms with Crippen LogP contribution in [0.3, 0.4) is 0 Å². The van der Waals surface area contributed by atoms with Crippen LogP contribution in [-0.2, 0) is 11.2 Å². The van der Waals surface area contributed by atoms with Gasteiger partial charge in [0.2, 0.25) is 5.91 Å². The largest absolute Gasteiger partial charge is 0.453 e. The number of halogens is 6. The summed E-state index contributed by atoms with van der Waals surface area (Å²) in [6.45, 7) is -1.59. The number of amides is 3. The van der Waals surface area contributed by atoms with Crippen molar-refractivity contribution in [1.29, 1.82) is 0 Å². The molecule has 3 N–H and O–H groups in total. The molecule has 1 aliphatic rings. The molecule has 3 amide bonds. The van der Waals surface area contributed by atoms with Crippen LogP contribution in [0.5, 0.6) is 11.5 Å². The first-order chi connectivity index (χ1) is 14.6. The Morgan fingerprint density at radius 3 is 2.58 bits per heavy atom. The number of nitrogens with zero attached hydrogens (tertiary/aromatic N) is 1. The molecule has 6 nitrogen and oxygen atoms in total. The van der Waals surface area contributed by atoms with Crippen molar-refractivity contribution in [3.8, 4) is 11.5 Å². The Hall–Kier alpha value is -3.08. The van der Waals surface area contributed by atoms with E-state index in [9.17, 15) is 31.5 Å². The zero-order chi connectivity index (χ0) is 22.9. The number of anilines is 1. The van der Waals surface area contributed by atoms with E-state index in [2.05, 4.69) is 5.32 Å². The molecule has 1 atom stereocenters. The summed E-state index contributed by atoms with van der Waals surface area (Å²) in [4.78, 5) is 24.8. The molecular weight excluding hydrogens is 449 g/mol. The van der Waals surface area contributed by atoms with Crippen molar-refractivity contribution in [2.24, 2.45) is 5.73 Å². The van der Waals surface area contributed by atoms with Crippen LogP contribution in [0.4, 0.5) is 32.4 Å². The van der Waals surface area contributed by atoms with E-state index < -0.39 is 71.3 Å². The molecule has 1 aliphatic heterocycles. The van der Waals surface area contributed by atoms with E-state index >= 15 is 0 Å². The molecule has 0 aromatic heterocycles. The lowest BCUT2D eigenvalue weighted by molar-refractivity contribution is -0.120. The number of ether oxygens (including phenoxy) is 1. The minimum Gasteiger partial charge on any atom is -0.453 e. The average molecular weight is 464 g/mol. The zero-order valence-corrected chi connectivity index (χ0v) is 16.4. The van der Waals surface area contributed by atoms with Crippen LogP contribution in [0.2, 0.25) is 5.02 Å². The number of carbonyl (C=O) groups excluding carboxylic acids is 2. The van der Waals surface area contributed by atoms with E-state index in [0.717, 1.165) is 11.0 Å². The van der Waals surface area contributed by atoms with Crippen molar-refractivity contribution >= 4 is 29.2 Å². The molecule has 0 aliphatic carbocycles. The van der Waals surface area contributed by atoms with Crippen LogP contribution >= 0.6 is 11.6 Å². The number of urea groups is 1. The molecule has 31 heavy (non-hydrogen) atoms. The highest BCUT2D eigenvalue weighted by molar-refractivity contribution is 6.32. The van der Waals surface area contributed by atoms with Crippen molar-refractivity contribution < 1.29 is 36.3 Å². The second kappa shape index (κ2) is 8.96. The fraction of sp³-hybridized carbons (Fsp3) is 0.263. The van der Waals surface area contributed by atoms with Crippen LogP contribution in [0.25, 0.3) is 0 Å². The number of nitrogens with two attached hydrogens (primary N) is 1. The van der Waals surface area contributed by atoms with E-state index in [-0.39, 0.29) is 17.7 Å². The number of nitrogens with one attached hydrogen (secondary N) is 1. The number of primary amides is 1. The second-order valence-corrected chi connectivity index (χ2v) is 6.94. The van der Waals surface area contributed by atoms with Crippen LogP contribution < -0.4 is 20.7 Å². The molecular formula is C19H15ClF5N3O3. The average Bonchev–Trinajstić information content (AvgIpc) is 2.68. The van der Waals surface area contributed by atoms with Crippen molar-refractivity contribution in [1.82, 2.24) is 5.32 Å². The first-order valence-corrected chi connectivity index (χ1v) is 9.21. The van der Waals surface area contributed by atoms with Crippen LogP contribution in [-0.4, -0.2) is 31.2 Å². The Balaban J connectivity index is 2.18. The van der Waals surface area contributed by atoms with E-state index in [0.29, 0.717) is 12.1 Å². The van der Waals surface area contributed by atoms with Gasteiger partial charge in [0.1, 0.15) is 18.5 Å². The number of hydrogen-bond acceptors (Lipinski definition) is 3. The van der Waals surface area contributed by atoms with Crippen LogP contribution in [0, 0.1) is 11.6 Å². The Morgan fingerprint density at radius 1 is 1.29 bits per heavy atom. The van der Waals surface area contributed by atoms with Gasteiger partial charge in [-0.1, -0.05) is 17.7 Å². The molecule has 0 unspecified atom stereocenters. The number of rotatable bonds is 6. The number of carbonyl (C=O) groups is 2. The predicted molar refractivity (Wildman–Crippen MR) is 101 cm³/mol. The fourth-order valence-electron chi connectivity index (χ4n) is 3.26. The molecule has 166 valence electrons. The fourth-order valence-corrected chi connectivity index (χ4v) is 3.45. The van der Waals surface area contributed by atoms with Gasteiger partial charge < -0.3 is 20.7 Å². The van der Waals surface area contributed by atoms with Gasteiger partial charge in [-0.05, 0) is 17.7 Å². The molecule has 0 radical (unpaired) electrons. The Labute approximate surface area is 177 Å². The third-order valence-corrected chi connectivity index (χ3v) is 4.85. The molecule has 1 heterocycles. The number of alkyl halides is 3. The quantitative estimate of drug-likeness (QED) is 0.496. The van der Waals surface area contributed by atoms with E-state index in [1.165, 1.54) is 6.07 Å². The Bertz CT molecular complexity index is 1040. The van der Waals surface area contributed by atoms with Gasteiger partial charge in [0.05, 0.1) is 22.8 Å². The minimum atomic E-state index is -3.09. The van der Waals surface area contributed by atoms with Gasteiger partial charge in [-0.25, -0.2) is 26.7 Å². The number of fused-ring (bicyclic) bond motifs is 1. The lowest BCUT2D eigenvalue weighted by Gasteiger charge is -2.35. The molecule has 2 aromatic carbocycles. The summed E-state index contributed by atoms with van der Waals surface area (Å²) in [7, 11) is 0. The third-order valence-electron chi connectivity index (χ3n) is 4.55. The standard InChI is InChI=1S/C19H15ClF5N3O3/c20-10-6-11(22)12(23)7-14(10)31-16-9(17(24)25)2-1-8-5-13(27-19(26)30)18(29)28(4-3-21)15(8)16/h1-2,6-7,13,17H,3-5H2,(H3,26,27,30)/t13-/m1/s1. The first-order valence-electron chi connectivity index (χ1n) is 8.83. The highest BCUT2D eigenvalue weighted by Gasteiger charge is 2.37. The number of benzene rings is 2.